The molecule has 0 fully saturated rings. The lowest BCUT2D eigenvalue weighted by Crippen LogP contribution is -2.07. The first kappa shape index (κ1) is 13.0. The highest BCUT2D eigenvalue weighted by molar-refractivity contribution is 9.09. The van der Waals surface area contributed by atoms with Crippen LogP contribution in [0.15, 0.2) is 5.57 Å². The number of anilines is 1. The van der Waals surface area contributed by atoms with E-state index in [0.717, 1.165) is 21.8 Å². The Labute approximate surface area is 108 Å². The molecule has 0 aliphatic carbocycles. The zero-order valence-electron chi connectivity index (χ0n) is 9.05. The maximum absolute atomic E-state index is 6.06. The fourth-order valence-electron chi connectivity index (χ4n) is 1.00. The van der Waals surface area contributed by atoms with Gasteiger partial charge in [0.05, 0.1) is 4.88 Å². The van der Waals surface area contributed by atoms with Crippen molar-refractivity contribution < 1.29 is 0 Å². The number of thiazole rings is 1. The van der Waals surface area contributed by atoms with Crippen LogP contribution >= 0.6 is 38.9 Å². The van der Waals surface area contributed by atoms with Crippen molar-refractivity contribution in [1.29, 1.82) is 0 Å². The molecule has 0 aliphatic rings. The van der Waals surface area contributed by atoms with Crippen molar-refractivity contribution in [2.45, 2.75) is 13.3 Å². The van der Waals surface area contributed by atoms with Gasteiger partial charge in [0.15, 0.2) is 5.13 Å². The number of alkyl halides is 1. The van der Waals surface area contributed by atoms with Gasteiger partial charge in [-0.3, -0.25) is 0 Å². The number of aromatic nitrogens is 1. The van der Waals surface area contributed by atoms with Gasteiger partial charge in [0.25, 0.3) is 0 Å². The van der Waals surface area contributed by atoms with Crippen LogP contribution in [0.4, 0.5) is 5.13 Å². The van der Waals surface area contributed by atoms with Gasteiger partial charge in [0, 0.05) is 19.4 Å². The van der Waals surface area contributed by atoms with E-state index < -0.39 is 0 Å². The van der Waals surface area contributed by atoms with Crippen molar-refractivity contribution in [3.8, 4) is 0 Å². The average Bonchev–Trinajstić information content (AvgIpc) is 2.56. The van der Waals surface area contributed by atoms with Crippen molar-refractivity contribution in [2.24, 2.45) is 0 Å². The normalized spacial score (nSPS) is 11.9. The summed E-state index contributed by atoms with van der Waals surface area (Å²) in [6.45, 7) is 2.13. The molecule has 0 aromatic carbocycles. The molecule has 0 radical (unpaired) electrons. The van der Waals surface area contributed by atoms with Crippen LogP contribution in [0.1, 0.15) is 18.2 Å². The van der Waals surface area contributed by atoms with E-state index in [-0.39, 0.29) is 0 Å². The van der Waals surface area contributed by atoms with Crippen molar-refractivity contribution in [3.05, 3.63) is 15.6 Å². The van der Waals surface area contributed by atoms with Gasteiger partial charge in [-0.1, -0.05) is 51.4 Å². The second kappa shape index (κ2) is 5.87. The van der Waals surface area contributed by atoms with Gasteiger partial charge in [-0.15, -0.1) is 0 Å². The second-order valence-electron chi connectivity index (χ2n) is 3.34. The number of rotatable bonds is 4. The quantitative estimate of drug-likeness (QED) is 0.780. The first-order chi connectivity index (χ1) is 7.08. The Morgan fingerprint density at radius 2 is 2.27 bits per heavy atom. The largest absolute Gasteiger partial charge is 0.354 e. The Morgan fingerprint density at radius 1 is 1.60 bits per heavy atom. The zero-order chi connectivity index (χ0) is 11.4. The highest BCUT2D eigenvalue weighted by atomic mass is 79.9. The van der Waals surface area contributed by atoms with Crippen LogP contribution < -0.4 is 4.90 Å². The van der Waals surface area contributed by atoms with E-state index in [2.05, 4.69) is 33.9 Å². The first-order valence-corrected chi connectivity index (χ1v) is 6.99. The third kappa shape index (κ3) is 3.47. The summed E-state index contributed by atoms with van der Waals surface area (Å²) in [4.78, 5) is 7.29. The summed E-state index contributed by atoms with van der Waals surface area (Å²) in [6, 6.07) is 0. The van der Waals surface area contributed by atoms with Crippen LogP contribution in [0, 0.1) is 0 Å². The SMILES string of the molecule is CCC(=Cc1sc(N(C)C)nc1Cl)CBr. The molecule has 5 heteroatoms. The van der Waals surface area contributed by atoms with Crippen LogP contribution in [0.25, 0.3) is 6.08 Å². The maximum Gasteiger partial charge on any atom is 0.186 e. The molecule has 0 bridgehead atoms. The van der Waals surface area contributed by atoms with Gasteiger partial charge in [-0.05, 0) is 12.5 Å². The molecule has 0 unspecified atom stereocenters. The maximum atomic E-state index is 6.06. The Morgan fingerprint density at radius 3 is 2.67 bits per heavy atom. The van der Waals surface area contributed by atoms with Crippen molar-refractivity contribution >= 4 is 50.1 Å². The zero-order valence-corrected chi connectivity index (χ0v) is 12.2. The molecule has 84 valence electrons. The minimum atomic E-state index is 0.593. The predicted molar refractivity (Wildman–Crippen MR) is 73.5 cm³/mol. The number of halogens is 2. The molecule has 1 aromatic heterocycles. The Bertz CT molecular complexity index is 354. The highest BCUT2D eigenvalue weighted by Crippen LogP contribution is 2.30. The van der Waals surface area contributed by atoms with Crippen molar-refractivity contribution in [2.75, 3.05) is 24.3 Å². The van der Waals surface area contributed by atoms with Crippen LogP contribution in [-0.4, -0.2) is 24.4 Å². The summed E-state index contributed by atoms with van der Waals surface area (Å²) in [5.41, 5.74) is 1.32. The predicted octanol–water partition coefficient (Wildman–Crippen LogP) is 4.05. The van der Waals surface area contributed by atoms with E-state index in [9.17, 15) is 0 Å². The molecule has 15 heavy (non-hydrogen) atoms. The highest BCUT2D eigenvalue weighted by Gasteiger charge is 2.08. The number of nitrogens with zero attached hydrogens (tertiary/aromatic N) is 2. The average molecular weight is 310 g/mol. The van der Waals surface area contributed by atoms with Gasteiger partial charge in [0.1, 0.15) is 5.15 Å². The lowest BCUT2D eigenvalue weighted by molar-refractivity contribution is 1.10. The van der Waals surface area contributed by atoms with Crippen molar-refractivity contribution in [3.63, 3.8) is 0 Å². The molecule has 0 saturated heterocycles. The summed E-state index contributed by atoms with van der Waals surface area (Å²) in [5.74, 6) is 0. The van der Waals surface area contributed by atoms with E-state index in [0.29, 0.717) is 5.15 Å². The smallest absolute Gasteiger partial charge is 0.186 e. The molecule has 0 saturated carbocycles. The standard InChI is InChI=1S/C10H14BrClN2S/c1-4-7(6-11)5-8-9(12)13-10(15-8)14(2)3/h5H,4,6H2,1-3H3. The van der Waals surface area contributed by atoms with E-state index in [1.807, 2.05) is 19.0 Å². The molecule has 0 N–H and O–H groups in total. The van der Waals surface area contributed by atoms with Gasteiger partial charge >= 0.3 is 0 Å². The van der Waals surface area contributed by atoms with Gasteiger partial charge in [-0.2, -0.15) is 0 Å². The second-order valence-corrected chi connectivity index (χ2v) is 5.26. The van der Waals surface area contributed by atoms with Gasteiger partial charge < -0.3 is 4.90 Å². The molecule has 0 amide bonds. The summed E-state index contributed by atoms with van der Waals surface area (Å²) in [6.07, 6.45) is 3.14. The number of allylic oxidation sites excluding steroid dienone is 1. The molecule has 0 atom stereocenters. The molecule has 1 aromatic rings. The van der Waals surface area contributed by atoms with E-state index in [1.54, 1.807) is 11.3 Å². The monoisotopic (exact) mass is 308 g/mol. The molecule has 2 nitrogen and oxygen atoms in total. The van der Waals surface area contributed by atoms with Gasteiger partial charge in [0.2, 0.25) is 0 Å². The lowest BCUT2D eigenvalue weighted by atomic mass is 10.2. The Kier molecular flexibility index (Phi) is 5.09. The molecular weight excluding hydrogens is 296 g/mol. The van der Waals surface area contributed by atoms with Gasteiger partial charge in [-0.25, -0.2) is 4.98 Å². The molecule has 0 spiro atoms. The molecule has 1 rings (SSSR count). The number of hydrogen-bond acceptors (Lipinski definition) is 3. The summed E-state index contributed by atoms with van der Waals surface area (Å²) < 4.78 is 0. The van der Waals surface area contributed by atoms with Crippen LogP contribution in [0.2, 0.25) is 5.15 Å². The van der Waals surface area contributed by atoms with E-state index in [4.69, 9.17) is 11.6 Å². The Balaban J connectivity index is 2.99. The third-order valence-corrected chi connectivity index (χ3v) is 4.23. The summed E-state index contributed by atoms with van der Waals surface area (Å²) >= 11 is 11.1. The van der Waals surface area contributed by atoms with Crippen LogP contribution in [-0.2, 0) is 0 Å². The minimum absolute atomic E-state index is 0.593. The summed E-state index contributed by atoms with van der Waals surface area (Å²) in [5, 5.41) is 2.42. The van der Waals surface area contributed by atoms with Crippen molar-refractivity contribution in [1.82, 2.24) is 4.98 Å². The van der Waals surface area contributed by atoms with Crippen LogP contribution in [0.5, 0.6) is 0 Å². The fourth-order valence-corrected chi connectivity index (χ4v) is 2.73. The molecule has 0 aliphatic heterocycles. The molecule has 1 heterocycles. The number of hydrogen-bond donors (Lipinski definition) is 0. The topological polar surface area (TPSA) is 16.1 Å². The molecular formula is C10H14BrClN2S. The van der Waals surface area contributed by atoms with E-state index >= 15 is 0 Å². The fraction of sp³-hybridized carbons (Fsp3) is 0.500. The lowest BCUT2D eigenvalue weighted by Gasteiger charge is -2.04. The third-order valence-electron chi connectivity index (χ3n) is 1.94. The Hall–Kier alpha value is -0.0600. The first-order valence-electron chi connectivity index (χ1n) is 4.67. The minimum Gasteiger partial charge on any atom is -0.354 e. The summed E-state index contributed by atoms with van der Waals surface area (Å²) in [7, 11) is 3.93. The van der Waals surface area contributed by atoms with E-state index in [1.165, 1.54) is 5.57 Å². The van der Waals surface area contributed by atoms with Crippen LogP contribution in [0.3, 0.4) is 0 Å².